The lowest BCUT2D eigenvalue weighted by molar-refractivity contribution is -0.115. The summed E-state index contributed by atoms with van der Waals surface area (Å²) < 4.78 is 0. The summed E-state index contributed by atoms with van der Waals surface area (Å²) in [5, 5.41) is 19.8. The number of aryl methyl sites for hydroxylation is 1. The summed E-state index contributed by atoms with van der Waals surface area (Å²) in [5.74, 6) is -0.152. The van der Waals surface area contributed by atoms with Gasteiger partial charge >= 0.3 is 0 Å². The lowest BCUT2D eigenvalue weighted by Gasteiger charge is -2.10. The zero-order valence-corrected chi connectivity index (χ0v) is 20.7. The van der Waals surface area contributed by atoms with E-state index >= 15 is 0 Å². The van der Waals surface area contributed by atoms with Crippen molar-refractivity contribution in [2.24, 2.45) is 0 Å². The van der Waals surface area contributed by atoms with Gasteiger partial charge in [-0.3, -0.25) is 9.59 Å². The quantitative estimate of drug-likeness (QED) is 0.207. The van der Waals surface area contributed by atoms with Crippen molar-refractivity contribution in [1.82, 2.24) is 4.98 Å². The Morgan fingerprint density at radius 3 is 2.45 bits per heavy atom. The molecule has 0 unspecified atom stereocenters. The van der Waals surface area contributed by atoms with Gasteiger partial charge in [-0.1, -0.05) is 42.5 Å². The Kier molecular flexibility index (Phi) is 5.77. The third-order valence-corrected chi connectivity index (χ3v) is 6.86. The summed E-state index contributed by atoms with van der Waals surface area (Å²) >= 11 is 0. The largest absolute Gasteiger partial charge is 0.508 e. The van der Waals surface area contributed by atoms with E-state index in [1.807, 2.05) is 67.6 Å². The van der Waals surface area contributed by atoms with E-state index in [9.17, 15) is 14.7 Å². The summed E-state index contributed by atoms with van der Waals surface area (Å²) in [7, 11) is 0. The molecule has 6 heteroatoms. The number of H-pyrrole nitrogens is 1. The monoisotopic (exact) mass is 499 g/mol. The van der Waals surface area contributed by atoms with E-state index in [2.05, 4.69) is 21.7 Å². The van der Waals surface area contributed by atoms with E-state index < -0.39 is 0 Å². The molecule has 6 nitrogen and oxygen atoms in total. The zero-order chi connectivity index (χ0) is 26.2. The topological polar surface area (TPSA) is 94.2 Å². The highest BCUT2D eigenvalue weighted by atomic mass is 16.3. The number of fused-ring (bicyclic) bond motifs is 4. The first-order valence-electron chi connectivity index (χ1n) is 12.4. The van der Waals surface area contributed by atoms with Gasteiger partial charge in [-0.15, -0.1) is 0 Å². The molecule has 0 saturated carbocycles. The molecule has 0 bridgehead atoms. The fraction of sp³-hybridized carbons (Fsp3) is 0.0625. The second-order valence-corrected chi connectivity index (χ2v) is 9.46. The third kappa shape index (κ3) is 4.44. The Labute approximate surface area is 218 Å². The molecule has 1 heterocycles. The number of aromatic amines is 1. The maximum absolute atomic E-state index is 12.9. The molecule has 5 aromatic carbocycles. The van der Waals surface area contributed by atoms with Crippen LogP contribution in [-0.4, -0.2) is 21.9 Å². The van der Waals surface area contributed by atoms with Gasteiger partial charge in [0.2, 0.25) is 5.91 Å². The highest BCUT2D eigenvalue weighted by Crippen LogP contribution is 2.29. The van der Waals surface area contributed by atoms with E-state index in [0.717, 1.165) is 49.4 Å². The first kappa shape index (κ1) is 23.3. The smallest absolute Gasteiger partial charge is 0.255 e. The molecule has 0 spiro atoms. The van der Waals surface area contributed by atoms with E-state index in [1.165, 1.54) is 0 Å². The van der Waals surface area contributed by atoms with Crippen molar-refractivity contribution in [3.05, 3.63) is 114 Å². The van der Waals surface area contributed by atoms with Gasteiger partial charge in [0.1, 0.15) is 5.75 Å². The van der Waals surface area contributed by atoms with Gasteiger partial charge in [-0.2, -0.15) is 0 Å². The number of rotatable bonds is 5. The molecule has 0 saturated heterocycles. The minimum atomic E-state index is -0.244. The van der Waals surface area contributed by atoms with Gasteiger partial charge in [-0.05, 0) is 83.4 Å². The standard InChI is InChI=1S/C32H25N3O3/c1-19-25-12-9-22(17-21(25)10-14-30(19)36)32(38)34-23-6-4-5-20(15-23)16-31(37)33-24-11-13-29-27(18-24)26-7-2-3-8-28(26)35-29/h2-15,17-18,35-36H,16H2,1H3,(H,33,37)(H,34,38). The van der Waals surface area contributed by atoms with Gasteiger partial charge in [-0.25, -0.2) is 0 Å². The molecular weight excluding hydrogens is 474 g/mol. The van der Waals surface area contributed by atoms with Crippen LogP contribution in [0.15, 0.2) is 97.1 Å². The van der Waals surface area contributed by atoms with Crippen LogP contribution < -0.4 is 10.6 Å². The van der Waals surface area contributed by atoms with Crippen molar-refractivity contribution in [2.45, 2.75) is 13.3 Å². The number of nitrogens with one attached hydrogen (secondary N) is 3. The van der Waals surface area contributed by atoms with Crippen LogP contribution in [0, 0.1) is 6.92 Å². The molecule has 6 aromatic rings. The number of carbonyl (C=O) groups is 2. The Morgan fingerprint density at radius 2 is 1.55 bits per heavy atom. The fourth-order valence-electron chi connectivity index (χ4n) is 4.89. The number of para-hydroxylation sites is 1. The van der Waals surface area contributed by atoms with Crippen molar-refractivity contribution in [3.8, 4) is 5.75 Å². The lowest BCUT2D eigenvalue weighted by atomic mass is 10.0. The van der Waals surface area contributed by atoms with Crippen molar-refractivity contribution < 1.29 is 14.7 Å². The fourth-order valence-corrected chi connectivity index (χ4v) is 4.89. The summed E-state index contributed by atoms with van der Waals surface area (Å²) in [6.07, 6.45) is 0.175. The van der Waals surface area contributed by atoms with Crippen molar-refractivity contribution >= 4 is 55.8 Å². The van der Waals surface area contributed by atoms with Crippen molar-refractivity contribution in [2.75, 3.05) is 10.6 Å². The average Bonchev–Trinajstić information content (AvgIpc) is 3.29. The predicted molar refractivity (Wildman–Crippen MR) is 153 cm³/mol. The van der Waals surface area contributed by atoms with Crippen LogP contribution in [0.1, 0.15) is 21.5 Å². The molecule has 38 heavy (non-hydrogen) atoms. The number of carbonyl (C=O) groups excluding carboxylic acids is 2. The van der Waals surface area contributed by atoms with Gasteiger partial charge in [0.25, 0.3) is 5.91 Å². The van der Waals surface area contributed by atoms with Crippen LogP contribution >= 0.6 is 0 Å². The third-order valence-electron chi connectivity index (χ3n) is 6.86. The van der Waals surface area contributed by atoms with E-state index in [4.69, 9.17) is 0 Å². The van der Waals surface area contributed by atoms with Gasteiger partial charge in [0, 0.05) is 38.7 Å². The van der Waals surface area contributed by atoms with Crippen LogP contribution in [0.5, 0.6) is 5.75 Å². The number of benzene rings is 5. The molecular formula is C32H25N3O3. The predicted octanol–water partition coefficient (Wildman–Crippen LogP) is 6.92. The molecule has 0 atom stereocenters. The van der Waals surface area contributed by atoms with E-state index in [1.54, 1.807) is 30.3 Å². The normalized spacial score (nSPS) is 11.2. The number of aromatic hydroxyl groups is 1. The van der Waals surface area contributed by atoms with Crippen LogP contribution in [0.4, 0.5) is 11.4 Å². The molecule has 0 aliphatic rings. The van der Waals surface area contributed by atoms with Crippen LogP contribution in [0.3, 0.4) is 0 Å². The number of amides is 2. The second-order valence-electron chi connectivity index (χ2n) is 9.46. The summed E-state index contributed by atoms with van der Waals surface area (Å²) in [4.78, 5) is 29.1. The van der Waals surface area contributed by atoms with Crippen LogP contribution in [0.25, 0.3) is 32.6 Å². The Balaban J connectivity index is 1.15. The first-order valence-corrected chi connectivity index (χ1v) is 12.4. The second kappa shape index (κ2) is 9.41. The van der Waals surface area contributed by atoms with Gasteiger partial charge < -0.3 is 20.7 Å². The van der Waals surface area contributed by atoms with Crippen molar-refractivity contribution in [1.29, 1.82) is 0 Å². The summed E-state index contributed by atoms with van der Waals surface area (Å²) in [5.41, 5.74) is 5.51. The van der Waals surface area contributed by atoms with Gasteiger partial charge in [0.05, 0.1) is 6.42 Å². The number of hydrogen-bond donors (Lipinski definition) is 4. The Morgan fingerprint density at radius 1 is 0.737 bits per heavy atom. The molecule has 4 N–H and O–H groups in total. The average molecular weight is 500 g/mol. The Bertz CT molecular complexity index is 1870. The number of phenols is 1. The minimum absolute atomic E-state index is 0.138. The number of hydrogen-bond acceptors (Lipinski definition) is 3. The highest BCUT2D eigenvalue weighted by molar-refractivity contribution is 6.09. The maximum atomic E-state index is 12.9. The first-order chi connectivity index (χ1) is 18.4. The van der Waals surface area contributed by atoms with Crippen LogP contribution in [0.2, 0.25) is 0 Å². The number of phenolic OH excluding ortho intramolecular Hbond substituents is 1. The van der Waals surface area contributed by atoms with Gasteiger partial charge in [0.15, 0.2) is 0 Å². The van der Waals surface area contributed by atoms with E-state index in [-0.39, 0.29) is 24.0 Å². The van der Waals surface area contributed by atoms with E-state index in [0.29, 0.717) is 11.3 Å². The number of anilines is 2. The number of aromatic nitrogens is 1. The lowest BCUT2D eigenvalue weighted by Crippen LogP contribution is -2.15. The van der Waals surface area contributed by atoms with Crippen LogP contribution in [-0.2, 0) is 11.2 Å². The molecule has 0 radical (unpaired) electrons. The Hall–Kier alpha value is -5.10. The highest BCUT2D eigenvalue weighted by Gasteiger charge is 2.11. The molecule has 0 aliphatic heterocycles. The van der Waals surface area contributed by atoms with Crippen molar-refractivity contribution in [3.63, 3.8) is 0 Å². The maximum Gasteiger partial charge on any atom is 0.255 e. The molecule has 186 valence electrons. The molecule has 6 rings (SSSR count). The molecule has 0 fully saturated rings. The molecule has 2 amide bonds. The minimum Gasteiger partial charge on any atom is -0.508 e. The molecule has 0 aliphatic carbocycles. The summed E-state index contributed by atoms with van der Waals surface area (Å²) in [6.45, 7) is 1.85. The SMILES string of the molecule is Cc1c(O)ccc2cc(C(=O)Nc3cccc(CC(=O)Nc4ccc5[nH]c6ccccc6c5c4)c3)ccc12. The summed E-state index contributed by atoms with van der Waals surface area (Å²) in [6, 6.07) is 30.0. The molecule has 1 aromatic heterocycles. The zero-order valence-electron chi connectivity index (χ0n) is 20.7.